The number of tetrazole rings is 1. The van der Waals surface area contributed by atoms with Crippen LogP contribution in [0.2, 0.25) is 0 Å². The van der Waals surface area contributed by atoms with E-state index in [-0.39, 0.29) is 58.6 Å². The van der Waals surface area contributed by atoms with Gasteiger partial charge in [-0.05, 0) is 45.2 Å². The zero-order valence-corrected chi connectivity index (χ0v) is 36.4. The Kier molecular flexibility index (Phi) is 17.7. The van der Waals surface area contributed by atoms with Crippen LogP contribution in [-0.2, 0) is 77.4 Å². The molecule has 2 heterocycles. The number of hydrogen-bond acceptors (Lipinski definition) is 13. The van der Waals surface area contributed by atoms with Gasteiger partial charge in [-0.25, -0.2) is 4.79 Å². The smallest absolute Gasteiger partial charge is 0.335 e. The normalized spacial score (nSPS) is 19.2. The van der Waals surface area contributed by atoms with Crippen molar-refractivity contribution in [1.82, 2.24) is 25.5 Å². The summed E-state index contributed by atoms with van der Waals surface area (Å²) < 4.78 is 46.5. The third kappa shape index (κ3) is 14.1. The van der Waals surface area contributed by atoms with Crippen LogP contribution >= 0.6 is 0 Å². The molecule has 0 unspecified atom stereocenters. The first kappa shape index (κ1) is 46.7. The molecule has 1 fully saturated rings. The zero-order chi connectivity index (χ0) is 45.1. The van der Waals surface area contributed by atoms with Gasteiger partial charge in [-0.2, -0.15) is 4.68 Å². The van der Waals surface area contributed by atoms with Gasteiger partial charge >= 0.3 is 12.0 Å². The fourth-order valence-corrected chi connectivity index (χ4v) is 7.42. The Morgan fingerprint density at radius 3 is 1.66 bits per heavy atom. The predicted octanol–water partition coefficient (Wildman–Crippen LogP) is 5.41. The third-order valence-corrected chi connectivity index (χ3v) is 10.7. The maximum atomic E-state index is 13.4. The van der Waals surface area contributed by atoms with Crippen molar-refractivity contribution in [2.75, 3.05) is 19.8 Å². The Bertz CT molecular complexity index is 2290. The highest BCUT2D eigenvalue weighted by molar-refractivity contribution is 5.87. The highest BCUT2D eigenvalue weighted by atomic mass is 16.6. The Morgan fingerprint density at radius 1 is 0.662 bits per heavy atom. The maximum Gasteiger partial charge on any atom is 0.335 e. The number of esters is 1. The Hall–Kier alpha value is -6.33. The summed E-state index contributed by atoms with van der Waals surface area (Å²) in [6, 6.07) is 46.8. The van der Waals surface area contributed by atoms with Crippen molar-refractivity contribution in [3.05, 3.63) is 179 Å². The molecule has 1 aromatic heterocycles. The molecule has 340 valence electrons. The van der Waals surface area contributed by atoms with Gasteiger partial charge in [-0.3, -0.25) is 4.79 Å². The Labute approximate surface area is 379 Å². The van der Waals surface area contributed by atoms with Gasteiger partial charge in [0.15, 0.2) is 0 Å². The fraction of sp³-hybridized carbons (Fsp3) is 0.340. The third-order valence-electron chi connectivity index (χ3n) is 10.7. The van der Waals surface area contributed by atoms with Crippen LogP contribution in [0.3, 0.4) is 0 Å². The van der Waals surface area contributed by atoms with Crippen molar-refractivity contribution in [2.24, 2.45) is 5.73 Å². The van der Waals surface area contributed by atoms with E-state index < -0.39 is 54.5 Å². The van der Waals surface area contributed by atoms with Gasteiger partial charge in [0.25, 0.3) is 0 Å². The summed E-state index contributed by atoms with van der Waals surface area (Å²) in [7, 11) is 0. The second-order valence-corrected chi connectivity index (χ2v) is 15.6. The number of aromatic nitrogens is 4. The molecule has 15 nitrogen and oxygen atoms in total. The number of benzene rings is 5. The van der Waals surface area contributed by atoms with E-state index >= 15 is 0 Å². The molecule has 0 spiro atoms. The van der Waals surface area contributed by atoms with Crippen molar-refractivity contribution < 1.29 is 42.7 Å². The molecule has 1 aliphatic heterocycles. The van der Waals surface area contributed by atoms with Crippen LogP contribution in [0.15, 0.2) is 152 Å². The second kappa shape index (κ2) is 24.7. The number of carbonyl (C=O) groups is 2. The molecular weight excluding hydrogens is 829 g/mol. The van der Waals surface area contributed by atoms with Gasteiger partial charge in [0.05, 0.1) is 46.2 Å². The standard InChI is InChI=1S/C50H56N6O9/c1-2-60-49(58)42(28-36-18-8-3-9-19-36)52-48(57)41(51)34-64-50-53-54-55-56(50)29-43-45(61-31-38-22-12-5-13-23-38)47(63-33-40-26-16-7-17-27-40)46(62-32-39-24-14-6-15-25-39)44(65-43)35-59-30-37-20-10-4-11-21-37/h3-27,41-47H,2,28-35,51H2,1H3,(H,52,57)/t41-,42-,43-,44+,45-,46-,47+/m0/s1. The van der Waals surface area contributed by atoms with Crippen molar-refractivity contribution in [2.45, 2.75) is 88.9 Å². The minimum Gasteiger partial charge on any atom is -0.464 e. The average Bonchev–Trinajstić information content (AvgIpc) is 3.79. The summed E-state index contributed by atoms with van der Waals surface area (Å²) in [6.45, 7) is 2.94. The van der Waals surface area contributed by atoms with Crippen LogP contribution < -0.4 is 15.8 Å². The number of hydrogen-bond donors (Lipinski definition) is 2. The molecular formula is C50H56N6O9. The summed E-state index contributed by atoms with van der Waals surface area (Å²) in [5.41, 5.74) is 11.1. The lowest BCUT2D eigenvalue weighted by atomic mass is 9.93. The lowest BCUT2D eigenvalue weighted by Crippen LogP contribution is -2.62. The molecule has 7 atom stereocenters. The number of carbonyl (C=O) groups excluding carboxylic acids is 2. The van der Waals surface area contributed by atoms with E-state index in [1.54, 1.807) is 6.92 Å². The number of amides is 1. The summed E-state index contributed by atoms with van der Waals surface area (Å²) in [5.74, 6) is -1.18. The van der Waals surface area contributed by atoms with Crippen LogP contribution in [0.4, 0.5) is 0 Å². The summed E-state index contributed by atoms with van der Waals surface area (Å²) >= 11 is 0. The molecule has 1 amide bonds. The largest absolute Gasteiger partial charge is 0.464 e. The van der Waals surface area contributed by atoms with Crippen molar-refractivity contribution in [3.63, 3.8) is 0 Å². The highest BCUT2D eigenvalue weighted by Crippen LogP contribution is 2.32. The van der Waals surface area contributed by atoms with Crippen LogP contribution in [0.25, 0.3) is 0 Å². The monoisotopic (exact) mass is 884 g/mol. The molecule has 15 heteroatoms. The molecule has 1 aliphatic rings. The Balaban J connectivity index is 1.13. The molecule has 0 bridgehead atoms. The average molecular weight is 885 g/mol. The van der Waals surface area contributed by atoms with Gasteiger partial charge < -0.3 is 44.2 Å². The predicted molar refractivity (Wildman–Crippen MR) is 240 cm³/mol. The molecule has 0 radical (unpaired) electrons. The molecule has 3 N–H and O–H groups in total. The highest BCUT2D eigenvalue weighted by Gasteiger charge is 2.49. The maximum absolute atomic E-state index is 13.4. The van der Waals surface area contributed by atoms with E-state index in [2.05, 4.69) is 20.8 Å². The molecule has 7 rings (SSSR count). The molecule has 65 heavy (non-hydrogen) atoms. The van der Waals surface area contributed by atoms with Crippen LogP contribution in [0.1, 0.15) is 34.7 Å². The van der Waals surface area contributed by atoms with E-state index in [0.29, 0.717) is 6.61 Å². The number of ether oxygens (including phenoxy) is 7. The quantitative estimate of drug-likeness (QED) is 0.0738. The minimum absolute atomic E-state index is 0.00836. The SMILES string of the molecule is CCOC(=O)[C@H](Cc1ccccc1)NC(=O)[C@@H](N)COc1nnnn1C[C@@H]1O[C@H](COCc2ccccc2)[C@H](OCc2ccccc2)[C@H](OCc2ccccc2)[C@H]1OCc1ccccc1. The lowest BCUT2D eigenvalue weighted by Gasteiger charge is -2.46. The van der Waals surface area contributed by atoms with E-state index in [0.717, 1.165) is 27.8 Å². The first-order valence-electron chi connectivity index (χ1n) is 21.8. The summed E-state index contributed by atoms with van der Waals surface area (Å²) in [4.78, 5) is 26.2. The zero-order valence-electron chi connectivity index (χ0n) is 36.4. The minimum atomic E-state index is -1.19. The molecule has 6 aromatic rings. The van der Waals surface area contributed by atoms with E-state index in [1.807, 2.05) is 152 Å². The van der Waals surface area contributed by atoms with Crippen molar-refractivity contribution in [1.29, 1.82) is 0 Å². The first-order valence-corrected chi connectivity index (χ1v) is 21.8. The van der Waals surface area contributed by atoms with E-state index in [9.17, 15) is 9.59 Å². The fourth-order valence-electron chi connectivity index (χ4n) is 7.42. The Morgan fingerprint density at radius 2 is 1.14 bits per heavy atom. The molecule has 5 aromatic carbocycles. The van der Waals surface area contributed by atoms with Gasteiger partial charge in [0.1, 0.15) is 49.2 Å². The van der Waals surface area contributed by atoms with E-state index in [1.165, 1.54) is 4.68 Å². The van der Waals surface area contributed by atoms with Gasteiger partial charge in [0.2, 0.25) is 5.91 Å². The summed E-state index contributed by atoms with van der Waals surface area (Å²) in [6.07, 6.45) is -3.18. The summed E-state index contributed by atoms with van der Waals surface area (Å²) in [5, 5.41) is 15.0. The van der Waals surface area contributed by atoms with Gasteiger partial charge in [0, 0.05) is 6.42 Å². The molecule has 0 saturated carbocycles. The number of nitrogens with zero attached hydrogens (tertiary/aromatic N) is 4. The number of nitrogens with two attached hydrogens (primary N) is 1. The van der Waals surface area contributed by atoms with Gasteiger partial charge in [-0.15, -0.1) is 0 Å². The van der Waals surface area contributed by atoms with Crippen LogP contribution in [0, 0.1) is 0 Å². The number of nitrogens with one attached hydrogen (secondary N) is 1. The van der Waals surface area contributed by atoms with Crippen molar-refractivity contribution in [3.8, 4) is 6.01 Å². The van der Waals surface area contributed by atoms with Crippen LogP contribution in [0.5, 0.6) is 6.01 Å². The van der Waals surface area contributed by atoms with Crippen molar-refractivity contribution >= 4 is 11.9 Å². The topological polar surface area (TPSA) is 180 Å². The first-order chi connectivity index (χ1) is 31.9. The second-order valence-electron chi connectivity index (χ2n) is 15.6. The van der Waals surface area contributed by atoms with E-state index in [4.69, 9.17) is 38.9 Å². The lowest BCUT2D eigenvalue weighted by molar-refractivity contribution is -0.275. The van der Waals surface area contributed by atoms with Crippen LogP contribution in [-0.4, -0.2) is 94.5 Å². The van der Waals surface area contributed by atoms with Gasteiger partial charge in [-0.1, -0.05) is 157 Å². The molecule has 1 saturated heterocycles. The number of rotatable bonds is 24. The molecule has 0 aliphatic carbocycles.